The van der Waals surface area contributed by atoms with Crippen LogP contribution in [0.5, 0.6) is 0 Å². The maximum atomic E-state index is 6.22. The molecule has 0 amide bonds. The number of hydrogen-bond acceptors (Lipinski definition) is 1. The largest absolute Gasteiger partial charge is 0.316 e. The summed E-state index contributed by atoms with van der Waals surface area (Å²) in [4.78, 5) is 0. The van der Waals surface area contributed by atoms with Crippen LogP contribution in [0.2, 0.25) is 5.02 Å². The Bertz CT molecular complexity index is 371. The number of rotatable bonds is 4. The van der Waals surface area contributed by atoms with E-state index in [1.54, 1.807) is 0 Å². The molecule has 17 heavy (non-hydrogen) atoms. The fourth-order valence-electron chi connectivity index (χ4n) is 2.03. The summed E-state index contributed by atoms with van der Waals surface area (Å²) in [7, 11) is 2.03. The van der Waals surface area contributed by atoms with Gasteiger partial charge in [-0.05, 0) is 43.0 Å². The van der Waals surface area contributed by atoms with E-state index in [9.17, 15) is 0 Å². The maximum Gasteiger partial charge on any atom is 0.0449 e. The lowest BCUT2D eigenvalue weighted by Crippen LogP contribution is -2.38. The molecule has 1 rings (SSSR count). The van der Waals surface area contributed by atoms with Crippen LogP contribution in [0, 0.1) is 5.41 Å². The predicted octanol–water partition coefficient (Wildman–Crippen LogP) is 4.67. The zero-order chi connectivity index (χ0) is 13.1. The van der Waals surface area contributed by atoms with Crippen molar-refractivity contribution in [2.75, 3.05) is 7.05 Å². The molecule has 0 fully saturated rings. The van der Waals surface area contributed by atoms with Crippen LogP contribution in [0.1, 0.15) is 32.8 Å². The van der Waals surface area contributed by atoms with Crippen molar-refractivity contribution >= 4 is 27.5 Å². The Morgan fingerprint density at radius 3 is 2.47 bits per heavy atom. The van der Waals surface area contributed by atoms with Crippen LogP contribution in [0.4, 0.5) is 0 Å². The Balaban J connectivity index is 2.66. The van der Waals surface area contributed by atoms with E-state index in [2.05, 4.69) is 48.1 Å². The van der Waals surface area contributed by atoms with E-state index < -0.39 is 0 Å². The molecule has 1 nitrogen and oxygen atoms in total. The molecule has 0 aliphatic rings. The fourth-order valence-corrected chi connectivity index (χ4v) is 2.80. The zero-order valence-corrected chi connectivity index (χ0v) is 13.3. The normalized spacial score (nSPS) is 13.8. The van der Waals surface area contributed by atoms with Crippen LogP contribution in [-0.4, -0.2) is 13.1 Å². The maximum absolute atomic E-state index is 6.22. The minimum Gasteiger partial charge on any atom is -0.316 e. The first-order valence-electron chi connectivity index (χ1n) is 5.96. The summed E-state index contributed by atoms with van der Waals surface area (Å²) in [6, 6.07) is 6.61. The molecule has 0 bridgehead atoms. The minimum atomic E-state index is 0.274. The summed E-state index contributed by atoms with van der Waals surface area (Å²) in [6.07, 6.45) is 2.11. The molecule has 0 heterocycles. The topological polar surface area (TPSA) is 12.0 Å². The Morgan fingerprint density at radius 2 is 2.00 bits per heavy atom. The van der Waals surface area contributed by atoms with Gasteiger partial charge in [-0.15, -0.1) is 0 Å². The van der Waals surface area contributed by atoms with Crippen molar-refractivity contribution in [2.45, 2.75) is 39.7 Å². The second kappa shape index (κ2) is 6.21. The van der Waals surface area contributed by atoms with E-state index >= 15 is 0 Å². The average molecular weight is 319 g/mol. The molecule has 3 heteroatoms. The molecule has 1 N–H and O–H groups in total. The molecule has 1 atom stereocenters. The summed E-state index contributed by atoms with van der Waals surface area (Å²) in [5.41, 5.74) is 1.50. The van der Waals surface area contributed by atoms with Crippen LogP contribution < -0.4 is 5.32 Å². The van der Waals surface area contributed by atoms with Crippen LogP contribution in [-0.2, 0) is 6.42 Å². The third-order valence-electron chi connectivity index (χ3n) is 3.11. The monoisotopic (exact) mass is 317 g/mol. The Kier molecular flexibility index (Phi) is 5.49. The highest BCUT2D eigenvalue weighted by atomic mass is 79.9. The highest BCUT2D eigenvalue weighted by Crippen LogP contribution is 2.26. The van der Waals surface area contributed by atoms with Crippen molar-refractivity contribution in [3.8, 4) is 0 Å². The van der Waals surface area contributed by atoms with E-state index in [4.69, 9.17) is 11.6 Å². The molecule has 96 valence electrons. The summed E-state index contributed by atoms with van der Waals surface area (Å²) in [6.45, 7) is 6.78. The van der Waals surface area contributed by atoms with Crippen LogP contribution >= 0.6 is 27.5 Å². The molecular weight excluding hydrogens is 298 g/mol. The highest BCUT2D eigenvalue weighted by Gasteiger charge is 2.22. The Labute approximate surface area is 118 Å². The molecule has 0 aromatic heterocycles. The van der Waals surface area contributed by atoms with Crippen molar-refractivity contribution < 1.29 is 0 Å². The zero-order valence-electron chi connectivity index (χ0n) is 11.0. The van der Waals surface area contributed by atoms with E-state index in [-0.39, 0.29) is 5.41 Å². The van der Waals surface area contributed by atoms with Crippen molar-refractivity contribution in [1.82, 2.24) is 5.32 Å². The molecule has 0 aliphatic carbocycles. The number of nitrogens with one attached hydrogen (secondary N) is 1. The first kappa shape index (κ1) is 15.0. The van der Waals surface area contributed by atoms with Crippen molar-refractivity contribution in [2.24, 2.45) is 5.41 Å². The molecule has 0 saturated heterocycles. The molecule has 1 aromatic rings. The van der Waals surface area contributed by atoms with Gasteiger partial charge in [-0.2, -0.15) is 0 Å². The van der Waals surface area contributed by atoms with Crippen LogP contribution in [0.25, 0.3) is 0 Å². The van der Waals surface area contributed by atoms with Gasteiger partial charge in [0.25, 0.3) is 0 Å². The first-order chi connectivity index (χ1) is 7.84. The van der Waals surface area contributed by atoms with Gasteiger partial charge in [0.1, 0.15) is 0 Å². The minimum absolute atomic E-state index is 0.274. The summed E-state index contributed by atoms with van der Waals surface area (Å²) in [5.74, 6) is 0. The predicted molar refractivity (Wildman–Crippen MR) is 79.8 cm³/mol. The molecule has 1 unspecified atom stereocenters. The Morgan fingerprint density at radius 1 is 1.35 bits per heavy atom. The quantitative estimate of drug-likeness (QED) is 0.850. The van der Waals surface area contributed by atoms with E-state index in [1.165, 1.54) is 5.56 Å². The lowest BCUT2D eigenvalue weighted by molar-refractivity contribution is 0.268. The SMILES string of the molecule is CNC(CCc1ccc(Br)cc1Cl)C(C)(C)C. The van der Waals surface area contributed by atoms with Gasteiger partial charge in [-0.25, -0.2) is 0 Å². The average Bonchev–Trinajstić information content (AvgIpc) is 2.19. The summed E-state index contributed by atoms with van der Waals surface area (Å²) in [5, 5.41) is 4.24. The van der Waals surface area contributed by atoms with Crippen molar-refractivity contribution in [3.63, 3.8) is 0 Å². The Hall–Kier alpha value is -0.0500. The molecule has 0 aliphatic heterocycles. The van der Waals surface area contributed by atoms with Gasteiger partial charge in [0.2, 0.25) is 0 Å². The van der Waals surface area contributed by atoms with Gasteiger partial charge in [0.05, 0.1) is 0 Å². The van der Waals surface area contributed by atoms with Gasteiger partial charge < -0.3 is 5.32 Å². The molecule has 0 spiro atoms. The summed E-state index contributed by atoms with van der Waals surface area (Å²) >= 11 is 9.64. The number of benzene rings is 1. The molecule has 0 radical (unpaired) electrons. The van der Waals surface area contributed by atoms with Gasteiger partial charge in [-0.1, -0.05) is 54.4 Å². The summed E-state index contributed by atoms with van der Waals surface area (Å²) < 4.78 is 1.03. The third-order valence-corrected chi connectivity index (χ3v) is 3.96. The molecular formula is C14H21BrClN. The lowest BCUT2D eigenvalue weighted by atomic mass is 9.83. The van der Waals surface area contributed by atoms with Crippen molar-refractivity contribution in [1.29, 1.82) is 0 Å². The molecule has 0 saturated carbocycles. The van der Waals surface area contributed by atoms with E-state index in [0.717, 1.165) is 22.3 Å². The number of halogens is 2. The third kappa shape index (κ3) is 4.61. The van der Waals surface area contributed by atoms with Crippen molar-refractivity contribution in [3.05, 3.63) is 33.3 Å². The fraction of sp³-hybridized carbons (Fsp3) is 0.571. The standard InChI is InChI=1S/C14H21BrClN/c1-14(2,3)13(17-4)8-6-10-5-7-11(15)9-12(10)16/h5,7,9,13,17H,6,8H2,1-4H3. The van der Waals surface area contributed by atoms with Gasteiger partial charge >= 0.3 is 0 Å². The van der Waals surface area contributed by atoms with Crippen LogP contribution in [0.3, 0.4) is 0 Å². The first-order valence-corrected chi connectivity index (χ1v) is 7.13. The second-order valence-corrected chi connectivity index (χ2v) is 6.80. The van der Waals surface area contributed by atoms with Gasteiger partial charge in [0, 0.05) is 15.5 Å². The van der Waals surface area contributed by atoms with Gasteiger partial charge in [-0.3, -0.25) is 0 Å². The second-order valence-electron chi connectivity index (χ2n) is 5.48. The molecule has 1 aromatic carbocycles. The number of aryl methyl sites for hydroxylation is 1. The smallest absolute Gasteiger partial charge is 0.0449 e. The van der Waals surface area contributed by atoms with E-state index in [1.807, 2.05) is 19.2 Å². The van der Waals surface area contributed by atoms with E-state index in [0.29, 0.717) is 6.04 Å². The number of hydrogen-bond donors (Lipinski definition) is 1. The van der Waals surface area contributed by atoms with Gasteiger partial charge in [0.15, 0.2) is 0 Å². The highest BCUT2D eigenvalue weighted by molar-refractivity contribution is 9.10. The lowest BCUT2D eigenvalue weighted by Gasteiger charge is -2.30. The van der Waals surface area contributed by atoms with Crippen LogP contribution in [0.15, 0.2) is 22.7 Å².